The van der Waals surface area contributed by atoms with Crippen molar-refractivity contribution >= 4 is 0 Å². The van der Waals surface area contributed by atoms with Crippen molar-refractivity contribution in [2.45, 2.75) is 19.3 Å². The average Bonchev–Trinajstić information content (AvgIpc) is 2.68. The van der Waals surface area contributed by atoms with E-state index in [-0.39, 0.29) is 0 Å². The van der Waals surface area contributed by atoms with E-state index < -0.39 is 0 Å². The molecule has 2 heteroatoms. The Kier molecular flexibility index (Phi) is 1.50. The van der Waals surface area contributed by atoms with Crippen LogP contribution in [0.2, 0.25) is 0 Å². The molecule has 2 unspecified atom stereocenters. The van der Waals surface area contributed by atoms with E-state index in [9.17, 15) is 0 Å². The van der Waals surface area contributed by atoms with Crippen LogP contribution in [0.15, 0.2) is 16.7 Å². The van der Waals surface area contributed by atoms with Gasteiger partial charge in [-0.3, -0.25) is 0 Å². The SMILES string of the molecule is Cc1ccoc1C1CC1CO. The van der Waals surface area contributed by atoms with E-state index in [4.69, 9.17) is 9.52 Å². The third-order valence-corrected chi connectivity index (χ3v) is 2.40. The lowest BCUT2D eigenvalue weighted by Crippen LogP contribution is -1.88. The average molecular weight is 152 g/mol. The summed E-state index contributed by atoms with van der Waals surface area (Å²) in [6, 6.07) is 1.97. The molecule has 1 aliphatic carbocycles. The zero-order chi connectivity index (χ0) is 7.84. The van der Waals surface area contributed by atoms with Crippen LogP contribution in [0.5, 0.6) is 0 Å². The Morgan fingerprint density at radius 3 is 3.00 bits per heavy atom. The normalized spacial score (nSPS) is 28.9. The third-order valence-electron chi connectivity index (χ3n) is 2.40. The molecule has 2 atom stereocenters. The van der Waals surface area contributed by atoms with Crippen LogP contribution in [0.25, 0.3) is 0 Å². The molecule has 1 fully saturated rings. The first-order chi connectivity index (χ1) is 5.33. The second-order valence-electron chi connectivity index (χ2n) is 3.25. The van der Waals surface area contributed by atoms with Gasteiger partial charge in [-0.05, 0) is 30.9 Å². The maximum Gasteiger partial charge on any atom is 0.110 e. The fourth-order valence-corrected chi connectivity index (χ4v) is 1.53. The molecule has 1 N–H and O–H groups in total. The Bertz CT molecular complexity index is 252. The zero-order valence-electron chi connectivity index (χ0n) is 6.58. The van der Waals surface area contributed by atoms with Crippen LogP contribution in [0.4, 0.5) is 0 Å². The maximum absolute atomic E-state index is 8.82. The molecule has 1 heterocycles. The molecule has 0 aliphatic heterocycles. The Hall–Kier alpha value is -0.760. The smallest absolute Gasteiger partial charge is 0.110 e. The molecule has 0 saturated heterocycles. The molecule has 0 aromatic carbocycles. The predicted octanol–water partition coefficient (Wildman–Crippen LogP) is 1.68. The second-order valence-corrected chi connectivity index (χ2v) is 3.25. The minimum absolute atomic E-state index is 0.296. The van der Waals surface area contributed by atoms with Gasteiger partial charge in [0.1, 0.15) is 5.76 Å². The second kappa shape index (κ2) is 2.38. The van der Waals surface area contributed by atoms with E-state index in [2.05, 4.69) is 0 Å². The van der Waals surface area contributed by atoms with Crippen LogP contribution >= 0.6 is 0 Å². The largest absolute Gasteiger partial charge is 0.469 e. The topological polar surface area (TPSA) is 33.4 Å². The molecule has 2 nitrogen and oxygen atoms in total. The number of hydrogen-bond acceptors (Lipinski definition) is 2. The van der Waals surface area contributed by atoms with Crippen molar-refractivity contribution in [2.75, 3.05) is 6.61 Å². The molecule has 11 heavy (non-hydrogen) atoms. The van der Waals surface area contributed by atoms with E-state index in [1.165, 1.54) is 5.56 Å². The van der Waals surface area contributed by atoms with Gasteiger partial charge < -0.3 is 9.52 Å². The van der Waals surface area contributed by atoms with Crippen LogP contribution < -0.4 is 0 Å². The lowest BCUT2D eigenvalue weighted by atomic mass is 10.2. The van der Waals surface area contributed by atoms with Gasteiger partial charge in [-0.25, -0.2) is 0 Å². The van der Waals surface area contributed by atoms with Crippen LogP contribution in [0.1, 0.15) is 23.7 Å². The Morgan fingerprint density at radius 1 is 1.73 bits per heavy atom. The van der Waals surface area contributed by atoms with E-state index in [0.717, 1.165) is 12.2 Å². The van der Waals surface area contributed by atoms with Crippen LogP contribution in [-0.2, 0) is 0 Å². The van der Waals surface area contributed by atoms with E-state index in [1.54, 1.807) is 6.26 Å². The summed E-state index contributed by atoms with van der Waals surface area (Å²) in [7, 11) is 0. The highest BCUT2D eigenvalue weighted by Gasteiger charge is 2.40. The Morgan fingerprint density at radius 2 is 2.55 bits per heavy atom. The summed E-state index contributed by atoms with van der Waals surface area (Å²) in [5.41, 5.74) is 1.21. The molecule has 0 amide bonds. The fraction of sp³-hybridized carbons (Fsp3) is 0.556. The number of furan rings is 1. The summed E-state index contributed by atoms with van der Waals surface area (Å²) < 4.78 is 5.31. The number of aliphatic hydroxyl groups excluding tert-OH is 1. The van der Waals surface area contributed by atoms with Crippen molar-refractivity contribution in [3.05, 3.63) is 23.7 Å². The minimum Gasteiger partial charge on any atom is -0.469 e. The summed E-state index contributed by atoms with van der Waals surface area (Å²) >= 11 is 0. The first kappa shape index (κ1) is 6.92. The van der Waals surface area contributed by atoms with Gasteiger partial charge in [-0.15, -0.1) is 0 Å². The lowest BCUT2D eigenvalue weighted by Gasteiger charge is -1.93. The quantitative estimate of drug-likeness (QED) is 0.699. The number of hydrogen-bond donors (Lipinski definition) is 1. The fourth-order valence-electron chi connectivity index (χ4n) is 1.53. The number of aliphatic hydroxyl groups is 1. The highest BCUT2D eigenvalue weighted by Crippen LogP contribution is 2.48. The van der Waals surface area contributed by atoms with Crippen molar-refractivity contribution in [1.29, 1.82) is 0 Å². The van der Waals surface area contributed by atoms with Gasteiger partial charge in [-0.2, -0.15) is 0 Å². The maximum atomic E-state index is 8.82. The molecule has 1 aliphatic rings. The molecule has 0 spiro atoms. The van der Waals surface area contributed by atoms with Crippen molar-refractivity contribution in [3.8, 4) is 0 Å². The first-order valence-electron chi connectivity index (χ1n) is 3.97. The van der Waals surface area contributed by atoms with Gasteiger partial charge in [0.05, 0.1) is 6.26 Å². The van der Waals surface area contributed by atoms with Crippen molar-refractivity contribution in [2.24, 2.45) is 5.92 Å². The van der Waals surface area contributed by atoms with Crippen LogP contribution in [0.3, 0.4) is 0 Å². The van der Waals surface area contributed by atoms with Crippen molar-refractivity contribution in [1.82, 2.24) is 0 Å². The number of rotatable bonds is 2. The lowest BCUT2D eigenvalue weighted by molar-refractivity contribution is 0.271. The molecule has 1 aromatic rings. The predicted molar refractivity (Wildman–Crippen MR) is 41.4 cm³/mol. The Balaban J connectivity index is 2.14. The summed E-state index contributed by atoms with van der Waals surface area (Å²) in [5.74, 6) is 2.03. The molecule has 2 rings (SSSR count). The highest BCUT2D eigenvalue weighted by molar-refractivity contribution is 5.24. The highest BCUT2D eigenvalue weighted by atomic mass is 16.3. The van der Waals surface area contributed by atoms with E-state index in [1.807, 2.05) is 13.0 Å². The molecular weight excluding hydrogens is 140 g/mol. The van der Waals surface area contributed by atoms with E-state index in [0.29, 0.717) is 18.4 Å². The summed E-state index contributed by atoms with van der Waals surface area (Å²) in [4.78, 5) is 0. The van der Waals surface area contributed by atoms with Gasteiger partial charge in [-0.1, -0.05) is 0 Å². The van der Waals surface area contributed by atoms with Crippen molar-refractivity contribution in [3.63, 3.8) is 0 Å². The van der Waals surface area contributed by atoms with Gasteiger partial charge in [0.15, 0.2) is 0 Å². The van der Waals surface area contributed by atoms with Gasteiger partial charge in [0, 0.05) is 12.5 Å². The molecule has 0 bridgehead atoms. The molecule has 0 radical (unpaired) electrons. The summed E-state index contributed by atoms with van der Waals surface area (Å²) in [6.45, 7) is 2.34. The van der Waals surface area contributed by atoms with Gasteiger partial charge in [0.2, 0.25) is 0 Å². The molecule has 1 saturated carbocycles. The first-order valence-corrected chi connectivity index (χ1v) is 3.97. The molecular formula is C9H12O2. The zero-order valence-corrected chi connectivity index (χ0v) is 6.58. The van der Waals surface area contributed by atoms with Crippen molar-refractivity contribution < 1.29 is 9.52 Å². The third kappa shape index (κ3) is 1.07. The monoisotopic (exact) mass is 152 g/mol. The Labute approximate surface area is 65.8 Å². The number of aryl methyl sites for hydroxylation is 1. The molecule has 1 aromatic heterocycles. The summed E-state index contributed by atoms with van der Waals surface area (Å²) in [5, 5.41) is 8.82. The van der Waals surface area contributed by atoms with Gasteiger partial charge in [0.25, 0.3) is 0 Å². The van der Waals surface area contributed by atoms with Crippen LogP contribution in [0, 0.1) is 12.8 Å². The van der Waals surface area contributed by atoms with Gasteiger partial charge >= 0.3 is 0 Å². The van der Waals surface area contributed by atoms with E-state index >= 15 is 0 Å². The standard InChI is InChI=1S/C9H12O2/c1-6-2-3-11-9(6)8-4-7(8)5-10/h2-3,7-8,10H,4-5H2,1H3. The minimum atomic E-state index is 0.296. The van der Waals surface area contributed by atoms with Crippen LogP contribution in [-0.4, -0.2) is 11.7 Å². The summed E-state index contributed by atoms with van der Waals surface area (Å²) in [6.07, 6.45) is 2.81. The molecule has 60 valence electrons.